The Morgan fingerprint density at radius 2 is 1.93 bits per heavy atom. The topological polar surface area (TPSA) is 91.2 Å². The summed E-state index contributed by atoms with van der Waals surface area (Å²) in [7, 11) is 1.32. The van der Waals surface area contributed by atoms with Crippen LogP contribution >= 0.6 is 11.6 Å². The first-order valence-corrected chi connectivity index (χ1v) is 8.41. The molecule has 138 valence electrons. The first kappa shape index (κ1) is 20.0. The molecule has 0 bridgehead atoms. The third kappa shape index (κ3) is 5.59. The first-order valence-electron chi connectivity index (χ1n) is 8.03. The van der Waals surface area contributed by atoms with Crippen LogP contribution in [0.5, 0.6) is 0 Å². The maximum atomic E-state index is 12.2. The van der Waals surface area contributed by atoms with Crippen molar-refractivity contribution < 1.29 is 14.3 Å². The monoisotopic (exact) mass is 383 g/mol. The third-order valence-electron chi connectivity index (χ3n) is 3.72. The van der Waals surface area contributed by atoms with Crippen LogP contribution in [0.25, 0.3) is 0 Å². The molecule has 0 spiro atoms. The maximum absolute atomic E-state index is 12.2. The summed E-state index contributed by atoms with van der Waals surface area (Å²) in [6, 6.07) is 13.8. The number of nitriles is 1. The van der Waals surface area contributed by atoms with Gasteiger partial charge in [0.1, 0.15) is 11.6 Å². The second-order valence-corrected chi connectivity index (χ2v) is 6.06. The van der Waals surface area contributed by atoms with Crippen LogP contribution in [0.3, 0.4) is 0 Å². The van der Waals surface area contributed by atoms with Gasteiger partial charge in [-0.3, -0.25) is 4.79 Å². The van der Waals surface area contributed by atoms with E-state index < -0.39 is 11.9 Å². The van der Waals surface area contributed by atoms with Crippen LogP contribution in [-0.2, 0) is 16.1 Å². The lowest BCUT2D eigenvalue weighted by Crippen LogP contribution is -2.16. The highest BCUT2D eigenvalue weighted by atomic mass is 35.5. The lowest BCUT2D eigenvalue weighted by Gasteiger charge is -2.07. The number of hydrogen-bond acceptors (Lipinski definition) is 5. The molecule has 0 aliphatic carbocycles. The normalized spacial score (nSPS) is 10.7. The Kier molecular flexibility index (Phi) is 6.98. The van der Waals surface area contributed by atoms with E-state index in [1.807, 2.05) is 13.0 Å². The van der Waals surface area contributed by atoms with Gasteiger partial charge in [-0.1, -0.05) is 29.8 Å². The van der Waals surface area contributed by atoms with Gasteiger partial charge in [0.05, 0.1) is 12.7 Å². The second kappa shape index (κ2) is 9.41. The number of aryl methyl sites for hydroxylation is 1. The SMILES string of the molecule is COC(=O)c1ccc(CN/C=C(/C#N)C(=O)Nc2ccc(C)c(Cl)c2)cc1. The van der Waals surface area contributed by atoms with Gasteiger partial charge >= 0.3 is 5.97 Å². The van der Waals surface area contributed by atoms with Crippen LogP contribution in [0.4, 0.5) is 5.69 Å². The maximum Gasteiger partial charge on any atom is 0.337 e. The van der Waals surface area contributed by atoms with E-state index >= 15 is 0 Å². The minimum Gasteiger partial charge on any atom is -0.465 e. The summed E-state index contributed by atoms with van der Waals surface area (Å²) < 4.78 is 4.64. The lowest BCUT2D eigenvalue weighted by atomic mass is 10.1. The summed E-state index contributed by atoms with van der Waals surface area (Å²) in [6.07, 6.45) is 1.35. The van der Waals surface area contributed by atoms with Crippen LogP contribution in [0.2, 0.25) is 5.02 Å². The van der Waals surface area contributed by atoms with E-state index in [-0.39, 0.29) is 5.57 Å². The van der Waals surface area contributed by atoms with E-state index in [4.69, 9.17) is 11.6 Å². The average Bonchev–Trinajstić information content (AvgIpc) is 2.68. The predicted octanol–water partition coefficient (Wildman–Crippen LogP) is 3.57. The number of rotatable bonds is 6. The fraction of sp³-hybridized carbons (Fsp3) is 0.150. The molecule has 2 aromatic rings. The van der Waals surface area contributed by atoms with Crippen molar-refractivity contribution in [1.82, 2.24) is 5.32 Å². The van der Waals surface area contributed by atoms with Crippen molar-refractivity contribution in [3.05, 3.63) is 76.0 Å². The molecule has 0 aliphatic rings. The minimum absolute atomic E-state index is 0.0714. The van der Waals surface area contributed by atoms with Gasteiger partial charge in [-0.15, -0.1) is 0 Å². The Hall–Kier alpha value is -3.30. The molecule has 7 heteroatoms. The van der Waals surface area contributed by atoms with Crippen molar-refractivity contribution in [2.75, 3.05) is 12.4 Å². The molecule has 2 aromatic carbocycles. The Balaban J connectivity index is 1.97. The molecule has 0 heterocycles. The Labute approximate surface area is 162 Å². The number of carbonyl (C=O) groups is 2. The van der Waals surface area contributed by atoms with Crippen LogP contribution in [0.15, 0.2) is 54.2 Å². The standard InChI is InChI=1S/C20H18ClN3O3/c1-13-3-8-17(9-18(13)21)24-19(25)16(10-22)12-23-11-14-4-6-15(7-5-14)20(26)27-2/h3-9,12,23H,11H2,1-2H3,(H,24,25)/b16-12-. The fourth-order valence-electron chi connectivity index (χ4n) is 2.17. The quantitative estimate of drug-likeness (QED) is 0.452. The van der Waals surface area contributed by atoms with Gasteiger partial charge in [-0.05, 0) is 42.3 Å². The van der Waals surface area contributed by atoms with Crippen LogP contribution in [0, 0.1) is 18.3 Å². The van der Waals surface area contributed by atoms with Gasteiger partial charge < -0.3 is 15.4 Å². The van der Waals surface area contributed by atoms with E-state index in [1.165, 1.54) is 13.3 Å². The molecule has 0 radical (unpaired) electrons. The van der Waals surface area contributed by atoms with Crippen molar-refractivity contribution in [3.63, 3.8) is 0 Å². The van der Waals surface area contributed by atoms with Crippen molar-refractivity contribution in [1.29, 1.82) is 5.26 Å². The van der Waals surface area contributed by atoms with E-state index in [1.54, 1.807) is 42.5 Å². The number of amides is 1. The number of nitrogens with zero attached hydrogens (tertiary/aromatic N) is 1. The number of esters is 1. The molecular weight excluding hydrogens is 366 g/mol. The zero-order valence-corrected chi connectivity index (χ0v) is 15.6. The Morgan fingerprint density at radius 3 is 2.52 bits per heavy atom. The van der Waals surface area contributed by atoms with Crippen molar-refractivity contribution in [2.24, 2.45) is 0 Å². The number of hydrogen-bond donors (Lipinski definition) is 2. The number of nitrogens with one attached hydrogen (secondary N) is 2. The van der Waals surface area contributed by atoms with Gasteiger partial charge in [0.25, 0.3) is 5.91 Å². The van der Waals surface area contributed by atoms with E-state index in [0.717, 1.165) is 11.1 Å². The molecule has 0 unspecified atom stereocenters. The van der Waals surface area contributed by atoms with Gasteiger partial charge in [0.2, 0.25) is 0 Å². The molecule has 6 nitrogen and oxygen atoms in total. The highest BCUT2D eigenvalue weighted by Gasteiger charge is 2.10. The molecule has 0 saturated heterocycles. The van der Waals surface area contributed by atoms with Crippen molar-refractivity contribution in [2.45, 2.75) is 13.5 Å². The third-order valence-corrected chi connectivity index (χ3v) is 4.13. The smallest absolute Gasteiger partial charge is 0.337 e. The molecule has 0 aliphatic heterocycles. The summed E-state index contributed by atoms with van der Waals surface area (Å²) >= 11 is 6.03. The number of anilines is 1. The van der Waals surface area contributed by atoms with Gasteiger partial charge in [-0.2, -0.15) is 5.26 Å². The van der Waals surface area contributed by atoms with Gasteiger partial charge in [0, 0.05) is 23.5 Å². The fourth-order valence-corrected chi connectivity index (χ4v) is 2.35. The number of halogens is 1. The average molecular weight is 384 g/mol. The largest absolute Gasteiger partial charge is 0.465 e. The van der Waals surface area contributed by atoms with Crippen LogP contribution < -0.4 is 10.6 Å². The van der Waals surface area contributed by atoms with Gasteiger partial charge in [-0.25, -0.2) is 4.79 Å². The number of carbonyl (C=O) groups excluding carboxylic acids is 2. The number of methoxy groups -OCH3 is 1. The lowest BCUT2D eigenvalue weighted by molar-refractivity contribution is -0.112. The Morgan fingerprint density at radius 1 is 1.22 bits per heavy atom. The second-order valence-electron chi connectivity index (χ2n) is 5.66. The summed E-state index contributed by atoms with van der Waals surface area (Å²) in [5.41, 5.74) is 2.66. The first-order chi connectivity index (χ1) is 12.9. The highest BCUT2D eigenvalue weighted by molar-refractivity contribution is 6.31. The molecule has 0 saturated carbocycles. The zero-order valence-electron chi connectivity index (χ0n) is 14.9. The summed E-state index contributed by atoms with van der Waals surface area (Å²) in [6.45, 7) is 2.24. The van der Waals surface area contributed by atoms with Crippen LogP contribution in [-0.4, -0.2) is 19.0 Å². The molecule has 2 N–H and O–H groups in total. The number of benzene rings is 2. The van der Waals surface area contributed by atoms with Crippen LogP contribution in [0.1, 0.15) is 21.5 Å². The molecule has 0 atom stereocenters. The van der Waals surface area contributed by atoms with Crippen molar-refractivity contribution in [3.8, 4) is 6.07 Å². The molecule has 0 aromatic heterocycles. The predicted molar refractivity (Wildman–Crippen MR) is 103 cm³/mol. The summed E-state index contributed by atoms with van der Waals surface area (Å²) in [5, 5.41) is 15.3. The van der Waals surface area contributed by atoms with Crippen molar-refractivity contribution >= 4 is 29.2 Å². The molecule has 2 rings (SSSR count). The summed E-state index contributed by atoms with van der Waals surface area (Å²) in [5.74, 6) is -0.944. The number of ether oxygens (including phenoxy) is 1. The summed E-state index contributed by atoms with van der Waals surface area (Å²) in [4.78, 5) is 23.6. The Bertz CT molecular complexity index is 915. The molecular formula is C20H18ClN3O3. The zero-order chi connectivity index (χ0) is 19.8. The van der Waals surface area contributed by atoms with Gasteiger partial charge in [0.15, 0.2) is 0 Å². The molecule has 1 amide bonds. The van der Waals surface area contributed by atoms with E-state index in [9.17, 15) is 14.9 Å². The van der Waals surface area contributed by atoms with E-state index in [0.29, 0.717) is 22.8 Å². The minimum atomic E-state index is -0.536. The molecule has 27 heavy (non-hydrogen) atoms. The molecule has 0 fully saturated rings. The van der Waals surface area contributed by atoms with E-state index in [2.05, 4.69) is 15.4 Å². The highest BCUT2D eigenvalue weighted by Crippen LogP contribution is 2.20.